The highest BCUT2D eigenvalue weighted by Gasteiger charge is 2.36. The predicted molar refractivity (Wildman–Crippen MR) is 86.0 cm³/mol. The molecule has 3 rings (SSSR count). The van der Waals surface area contributed by atoms with Crippen LogP contribution in [0.15, 0.2) is 71.6 Å². The van der Waals surface area contributed by atoms with E-state index in [4.69, 9.17) is 10.1 Å². The zero-order chi connectivity index (χ0) is 15.4. The van der Waals surface area contributed by atoms with E-state index in [1.807, 2.05) is 54.6 Å². The molecule has 0 saturated heterocycles. The Morgan fingerprint density at radius 3 is 2.36 bits per heavy atom. The summed E-state index contributed by atoms with van der Waals surface area (Å²) in [5.41, 5.74) is 10.2. The molecule has 2 aromatic carbocycles. The molecule has 2 aromatic rings. The Morgan fingerprint density at radius 1 is 1.09 bits per heavy atom. The van der Waals surface area contributed by atoms with Crippen molar-refractivity contribution >= 4 is 19.1 Å². The van der Waals surface area contributed by atoms with Crippen LogP contribution in [-0.2, 0) is 9.09 Å². The average molecular weight is 312 g/mol. The highest BCUT2D eigenvalue weighted by molar-refractivity contribution is 7.59. The normalized spacial score (nSPS) is 20.5. The van der Waals surface area contributed by atoms with Crippen molar-refractivity contribution in [3.63, 3.8) is 0 Å². The molecule has 0 spiro atoms. The maximum atomic E-state index is 13.0. The van der Waals surface area contributed by atoms with Gasteiger partial charge in [0, 0.05) is 27.6 Å². The maximum Gasteiger partial charge on any atom is 0.434 e. The lowest BCUT2D eigenvalue weighted by Crippen LogP contribution is -2.23. The minimum Gasteiger partial charge on any atom is -0.424 e. The van der Waals surface area contributed by atoms with E-state index in [0.29, 0.717) is 18.0 Å². The minimum absolute atomic E-state index is 0.338. The summed E-state index contributed by atoms with van der Waals surface area (Å²) in [5.74, 6) is 0.462. The van der Waals surface area contributed by atoms with Crippen molar-refractivity contribution < 1.29 is 9.09 Å². The third-order valence-electron chi connectivity index (χ3n) is 3.24. The first-order valence-electron chi connectivity index (χ1n) is 6.68. The second kappa shape index (κ2) is 5.98. The van der Waals surface area contributed by atoms with Crippen LogP contribution >= 0.6 is 7.67 Å². The molecule has 0 N–H and O–H groups in total. The number of hydrogen-bond acceptors (Lipinski definition) is 2. The van der Waals surface area contributed by atoms with Crippen LogP contribution < -0.4 is 4.67 Å². The molecule has 1 aliphatic rings. The van der Waals surface area contributed by atoms with E-state index in [-0.39, 0.29) is 0 Å². The third kappa shape index (κ3) is 2.70. The number of nitrogens with zero attached hydrogens (tertiary/aromatic N) is 4. The van der Waals surface area contributed by atoms with E-state index < -0.39 is 7.67 Å². The average Bonchev–Trinajstić information content (AvgIpc) is 2.56. The van der Waals surface area contributed by atoms with Crippen molar-refractivity contribution in [2.24, 2.45) is 4.88 Å². The molecule has 22 heavy (non-hydrogen) atoms. The fraction of sp³-hybridized carbons (Fsp3) is 0.0667. The Bertz CT molecular complexity index is 786. The van der Waals surface area contributed by atoms with Gasteiger partial charge >= 0.3 is 7.67 Å². The molecule has 0 bridgehead atoms. The first-order chi connectivity index (χ1) is 10.7. The van der Waals surface area contributed by atoms with Crippen LogP contribution in [0.3, 0.4) is 0 Å². The molecular weight excluding hydrogens is 299 g/mol. The van der Waals surface area contributed by atoms with Gasteiger partial charge in [0.05, 0.1) is 0 Å². The summed E-state index contributed by atoms with van der Waals surface area (Å²) < 4.78 is 20.1. The number of para-hydroxylation sites is 1. The highest BCUT2D eigenvalue weighted by atomic mass is 31.2. The number of anilines is 1. The quantitative estimate of drug-likeness (QED) is 0.347. The van der Waals surface area contributed by atoms with Crippen molar-refractivity contribution in [2.75, 3.05) is 11.2 Å². The molecule has 0 saturated carbocycles. The largest absolute Gasteiger partial charge is 0.434 e. The van der Waals surface area contributed by atoms with Gasteiger partial charge in [-0.2, -0.15) is 0 Å². The Hall–Kier alpha value is -2.68. The fourth-order valence-electron chi connectivity index (χ4n) is 2.23. The number of azide groups is 1. The lowest BCUT2D eigenvalue weighted by atomic mass is 10.2. The standard InChI is InChI=1S/C15H13N4O2P/c16-17-18-22(20)19(14-9-5-2-6-10-14)12-11-15(21-22)13-7-3-1-4-8-13/h1-11H,12H2/t22-/m1/s1. The van der Waals surface area contributed by atoms with Crippen LogP contribution in [0.1, 0.15) is 5.56 Å². The maximum absolute atomic E-state index is 13.0. The van der Waals surface area contributed by atoms with Crippen LogP contribution in [-0.4, -0.2) is 6.54 Å². The Balaban J connectivity index is 2.02. The Labute approximate surface area is 127 Å². The van der Waals surface area contributed by atoms with Gasteiger partial charge in [0.2, 0.25) is 0 Å². The van der Waals surface area contributed by atoms with E-state index >= 15 is 0 Å². The zero-order valence-corrected chi connectivity index (χ0v) is 12.5. The van der Waals surface area contributed by atoms with Crippen molar-refractivity contribution in [3.05, 3.63) is 82.7 Å². The van der Waals surface area contributed by atoms with Crippen LogP contribution in [0.25, 0.3) is 16.2 Å². The lowest BCUT2D eigenvalue weighted by Gasteiger charge is -2.33. The van der Waals surface area contributed by atoms with E-state index in [9.17, 15) is 4.57 Å². The van der Waals surface area contributed by atoms with Gasteiger partial charge in [0.25, 0.3) is 0 Å². The van der Waals surface area contributed by atoms with Crippen LogP contribution in [0, 0.1) is 0 Å². The summed E-state index contributed by atoms with van der Waals surface area (Å²) in [5, 5.41) is 0. The molecular formula is C15H13N4O2P. The van der Waals surface area contributed by atoms with Gasteiger partial charge in [-0.05, 0) is 23.7 Å². The lowest BCUT2D eigenvalue weighted by molar-refractivity contribution is 0.450. The van der Waals surface area contributed by atoms with Crippen molar-refractivity contribution in [3.8, 4) is 0 Å². The van der Waals surface area contributed by atoms with E-state index in [2.05, 4.69) is 9.80 Å². The first kappa shape index (κ1) is 14.3. The van der Waals surface area contributed by atoms with Gasteiger partial charge in [0.15, 0.2) is 0 Å². The molecule has 1 aliphatic heterocycles. The van der Waals surface area contributed by atoms with Gasteiger partial charge in [-0.1, -0.05) is 48.5 Å². The van der Waals surface area contributed by atoms with E-state index in [1.54, 1.807) is 12.1 Å². The van der Waals surface area contributed by atoms with Gasteiger partial charge in [0.1, 0.15) is 5.76 Å². The van der Waals surface area contributed by atoms with Gasteiger partial charge in [-0.25, -0.2) is 4.57 Å². The molecule has 6 nitrogen and oxygen atoms in total. The molecule has 0 amide bonds. The molecule has 1 heterocycles. The van der Waals surface area contributed by atoms with Gasteiger partial charge in [-0.3, -0.25) is 4.67 Å². The molecule has 0 unspecified atom stereocenters. The van der Waals surface area contributed by atoms with Crippen molar-refractivity contribution in [1.29, 1.82) is 0 Å². The third-order valence-corrected chi connectivity index (χ3v) is 4.98. The zero-order valence-electron chi connectivity index (χ0n) is 11.6. The predicted octanol–water partition coefficient (Wildman–Crippen LogP) is 4.98. The van der Waals surface area contributed by atoms with Gasteiger partial charge in [-0.15, -0.1) is 0 Å². The molecule has 1 atom stereocenters. The molecule has 0 aromatic heterocycles. The van der Waals surface area contributed by atoms with Crippen molar-refractivity contribution in [1.82, 2.24) is 0 Å². The van der Waals surface area contributed by atoms with E-state index in [1.165, 1.54) is 4.67 Å². The fourth-order valence-corrected chi connectivity index (χ4v) is 3.71. The second-order valence-electron chi connectivity index (χ2n) is 4.61. The highest BCUT2D eigenvalue weighted by Crippen LogP contribution is 2.59. The number of benzene rings is 2. The Kier molecular flexibility index (Phi) is 3.88. The molecule has 7 heteroatoms. The molecule has 0 fully saturated rings. The Morgan fingerprint density at radius 2 is 1.73 bits per heavy atom. The van der Waals surface area contributed by atoms with Crippen LogP contribution in [0.2, 0.25) is 0 Å². The minimum atomic E-state index is -3.69. The summed E-state index contributed by atoms with van der Waals surface area (Å²) in [6.07, 6.45) is 1.82. The monoisotopic (exact) mass is 312 g/mol. The summed E-state index contributed by atoms with van der Waals surface area (Å²) in [6, 6.07) is 18.4. The summed E-state index contributed by atoms with van der Waals surface area (Å²) in [7, 11) is -3.69. The molecule has 110 valence electrons. The summed E-state index contributed by atoms with van der Waals surface area (Å²) in [4.78, 5) is 6.15. The van der Waals surface area contributed by atoms with Crippen LogP contribution in [0.4, 0.5) is 5.69 Å². The number of hydrogen-bond donors (Lipinski definition) is 0. The van der Waals surface area contributed by atoms with Gasteiger partial charge < -0.3 is 4.52 Å². The van der Waals surface area contributed by atoms with E-state index in [0.717, 1.165) is 5.56 Å². The molecule has 0 radical (unpaired) electrons. The summed E-state index contributed by atoms with van der Waals surface area (Å²) >= 11 is 0. The smallest absolute Gasteiger partial charge is 0.424 e. The topological polar surface area (TPSA) is 78.3 Å². The first-order valence-corrected chi connectivity index (χ1v) is 8.21. The van der Waals surface area contributed by atoms with Crippen LogP contribution in [0.5, 0.6) is 0 Å². The molecule has 0 aliphatic carbocycles. The SMILES string of the molecule is [N-]=[N+]=N[P@@]1(=O)OC(c2ccccc2)=CCN1c1ccccc1. The number of rotatable bonds is 3. The second-order valence-corrected chi connectivity index (χ2v) is 6.44. The van der Waals surface area contributed by atoms with Crippen molar-refractivity contribution in [2.45, 2.75) is 0 Å². The summed E-state index contributed by atoms with van der Waals surface area (Å²) in [6.45, 7) is 0.338.